The maximum Gasteiger partial charge on any atom is 0.158 e. The van der Waals surface area contributed by atoms with Crippen molar-refractivity contribution in [2.24, 2.45) is 5.92 Å². The van der Waals surface area contributed by atoms with E-state index >= 15 is 0 Å². The Morgan fingerprint density at radius 3 is 2.92 bits per heavy atom. The number of nitrogens with zero attached hydrogens (tertiary/aromatic N) is 3. The standard InChI is InChI=1S/C20H24N4O/c1-15-12-20-22-18(17-7-3-2-4-8-17)13-19(24(20)23-15)21-10-5-6-16-9-11-25-14-16/h2-4,7-8,12-13,16,21H,5-6,9-11,14H2,1H3/t16-/m0/s1. The second-order valence-corrected chi connectivity index (χ2v) is 6.75. The predicted octanol–water partition coefficient (Wildman–Crippen LogP) is 3.93. The van der Waals surface area contributed by atoms with Crippen molar-refractivity contribution in [3.05, 3.63) is 48.2 Å². The molecule has 0 amide bonds. The molecule has 1 aliphatic rings. The van der Waals surface area contributed by atoms with Gasteiger partial charge in [0.2, 0.25) is 0 Å². The predicted molar refractivity (Wildman–Crippen MR) is 99.8 cm³/mol. The summed E-state index contributed by atoms with van der Waals surface area (Å²) < 4.78 is 7.36. The molecule has 3 aromatic rings. The molecule has 5 heteroatoms. The minimum atomic E-state index is 0.728. The Hall–Kier alpha value is -2.40. The molecule has 25 heavy (non-hydrogen) atoms. The molecule has 130 valence electrons. The lowest BCUT2D eigenvalue weighted by atomic mass is 10.0. The van der Waals surface area contributed by atoms with Gasteiger partial charge in [-0.05, 0) is 32.1 Å². The lowest BCUT2D eigenvalue weighted by Gasteiger charge is -2.12. The van der Waals surface area contributed by atoms with E-state index in [0.717, 1.165) is 60.5 Å². The summed E-state index contributed by atoms with van der Waals surface area (Å²) in [5.74, 6) is 1.73. The fourth-order valence-electron chi connectivity index (χ4n) is 3.39. The lowest BCUT2D eigenvalue weighted by molar-refractivity contribution is 0.184. The Morgan fingerprint density at radius 1 is 1.24 bits per heavy atom. The molecule has 1 saturated heterocycles. The molecule has 0 aliphatic carbocycles. The first kappa shape index (κ1) is 16.1. The molecule has 0 spiro atoms. The summed E-state index contributed by atoms with van der Waals surface area (Å²) in [5, 5.41) is 8.13. The van der Waals surface area contributed by atoms with E-state index in [9.17, 15) is 0 Å². The van der Waals surface area contributed by atoms with Crippen molar-refractivity contribution < 1.29 is 4.74 Å². The van der Waals surface area contributed by atoms with Crippen molar-refractivity contribution in [3.8, 4) is 11.3 Å². The number of benzene rings is 1. The SMILES string of the molecule is Cc1cc2nc(-c3ccccc3)cc(NCCC[C@H]3CCOC3)n2n1. The molecular weight excluding hydrogens is 312 g/mol. The van der Waals surface area contributed by atoms with Gasteiger partial charge in [0.05, 0.1) is 11.4 Å². The zero-order chi connectivity index (χ0) is 17.1. The second kappa shape index (κ2) is 7.23. The van der Waals surface area contributed by atoms with Crippen LogP contribution in [0.2, 0.25) is 0 Å². The van der Waals surface area contributed by atoms with Gasteiger partial charge in [-0.25, -0.2) is 4.98 Å². The topological polar surface area (TPSA) is 51.5 Å². The number of hydrogen-bond acceptors (Lipinski definition) is 4. The van der Waals surface area contributed by atoms with Crippen molar-refractivity contribution in [2.45, 2.75) is 26.2 Å². The van der Waals surface area contributed by atoms with Gasteiger partial charge in [0.25, 0.3) is 0 Å². The average molecular weight is 336 g/mol. The molecule has 1 aliphatic heterocycles. The van der Waals surface area contributed by atoms with Gasteiger partial charge < -0.3 is 10.1 Å². The highest BCUT2D eigenvalue weighted by molar-refractivity contribution is 5.66. The first-order valence-electron chi connectivity index (χ1n) is 9.04. The Balaban J connectivity index is 1.53. The Morgan fingerprint density at radius 2 is 2.12 bits per heavy atom. The Kier molecular flexibility index (Phi) is 4.65. The summed E-state index contributed by atoms with van der Waals surface area (Å²) in [7, 11) is 0. The fraction of sp³-hybridized carbons (Fsp3) is 0.400. The van der Waals surface area contributed by atoms with Crippen LogP contribution in [0.15, 0.2) is 42.5 Å². The molecule has 3 heterocycles. The van der Waals surface area contributed by atoms with Crippen LogP contribution in [-0.4, -0.2) is 34.4 Å². The van der Waals surface area contributed by atoms with E-state index in [1.165, 1.54) is 12.8 Å². The van der Waals surface area contributed by atoms with Crippen molar-refractivity contribution >= 4 is 11.5 Å². The number of anilines is 1. The van der Waals surface area contributed by atoms with Crippen LogP contribution < -0.4 is 5.32 Å². The highest BCUT2D eigenvalue weighted by atomic mass is 16.5. The summed E-state index contributed by atoms with van der Waals surface area (Å²) in [6.45, 7) is 4.79. The van der Waals surface area contributed by atoms with Gasteiger partial charge in [-0.1, -0.05) is 30.3 Å². The molecule has 1 aromatic carbocycles. The maximum absolute atomic E-state index is 5.45. The van der Waals surface area contributed by atoms with E-state index in [4.69, 9.17) is 9.72 Å². The highest BCUT2D eigenvalue weighted by Gasteiger charge is 2.15. The summed E-state index contributed by atoms with van der Waals surface area (Å²) in [4.78, 5) is 4.76. The smallest absolute Gasteiger partial charge is 0.158 e. The van der Waals surface area contributed by atoms with Crippen molar-refractivity contribution in [3.63, 3.8) is 0 Å². The van der Waals surface area contributed by atoms with Gasteiger partial charge >= 0.3 is 0 Å². The number of ether oxygens (including phenoxy) is 1. The van der Waals surface area contributed by atoms with Crippen LogP contribution in [0.25, 0.3) is 16.9 Å². The van der Waals surface area contributed by atoms with E-state index in [1.807, 2.05) is 35.7 Å². The summed E-state index contributed by atoms with van der Waals surface area (Å²) >= 11 is 0. The fourth-order valence-corrected chi connectivity index (χ4v) is 3.39. The van der Waals surface area contributed by atoms with Crippen LogP contribution in [0.3, 0.4) is 0 Å². The molecule has 5 nitrogen and oxygen atoms in total. The van der Waals surface area contributed by atoms with E-state index in [2.05, 4.69) is 28.6 Å². The number of aryl methyl sites for hydroxylation is 1. The molecule has 0 unspecified atom stereocenters. The third-order valence-electron chi connectivity index (χ3n) is 4.74. The average Bonchev–Trinajstić information content (AvgIpc) is 3.27. The van der Waals surface area contributed by atoms with Crippen LogP contribution in [0.5, 0.6) is 0 Å². The quantitative estimate of drug-likeness (QED) is 0.693. The number of aromatic nitrogens is 3. The van der Waals surface area contributed by atoms with Gasteiger partial charge in [0.15, 0.2) is 5.65 Å². The van der Waals surface area contributed by atoms with Crippen LogP contribution in [-0.2, 0) is 4.74 Å². The Bertz CT molecular complexity index is 838. The van der Waals surface area contributed by atoms with Gasteiger partial charge in [0.1, 0.15) is 5.82 Å². The zero-order valence-electron chi connectivity index (χ0n) is 14.6. The lowest BCUT2D eigenvalue weighted by Crippen LogP contribution is -2.10. The molecule has 0 bridgehead atoms. The third kappa shape index (κ3) is 3.66. The summed E-state index contributed by atoms with van der Waals surface area (Å²) in [6.07, 6.45) is 3.56. The van der Waals surface area contributed by atoms with Crippen LogP contribution in [0.4, 0.5) is 5.82 Å². The molecule has 4 rings (SSSR count). The van der Waals surface area contributed by atoms with E-state index in [1.54, 1.807) is 0 Å². The molecule has 0 radical (unpaired) electrons. The largest absolute Gasteiger partial charge is 0.381 e. The minimum absolute atomic E-state index is 0.728. The molecular formula is C20H24N4O. The Labute approximate surface area is 148 Å². The monoisotopic (exact) mass is 336 g/mol. The first-order chi connectivity index (χ1) is 12.3. The van der Waals surface area contributed by atoms with Crippen molar-refractivity contribution in [1.82, 2.24) is 14.6 Å². The van der Waals surface area contributed by atoms with Crippen molar-refractivity contribution in [2.75, 3.05) is 25.1 Å². The zero-order valence-corrected chi connectivity index (χ0v) is 14.6. The van der Waals surface area contributed by atoms with Crippen molar-refractivity contribution in [1.29, 1.82) is 0 Å². The summed E-state index contributed by atoms with van der Waals surface area (Å²) in [5.41, 5.74) is 3.95. The maximum atomic E-state index is 5.45. The number of hydrogen-bond donors (Lipinski definition) is 1. The highest BCUT2D eigenvalue weighted by Crippen LogP contribution is 2.23. The summed E-state index contributed by atoms with van der Waals surface area (Å²) in [6, 6.07) is 14.4. The van der Waals surface area contributed by atoms with E-state index < -0.39 is 0 Å². The first-order valence-corrected chi connectivity index (χ1v) is 9.04. The molecule has 2 aromatic heterocycles. The van der Waals surface area contributed by atoms with Gasteiger partial charge in [0, 0.05) is 37.5 Å². The molecule has 1 atom stereocenters. The molecule has 0 saturated carbocycles. The van der Waals surface area contributed by atoms with E-state index in [-0.39, 0.29) is 0 Å². The normalized spacial score (nSPS) is 17.2. The number of fused-ring (bicyclic) bond motifs is 1. The van der Waals surface area contributed by atoms with E-state index in [0.29, 0.717) is 0 Å². The number of nitrogens with one attached hydrogen (secondary N) is 1. The minimum Gasteiger partial charge on any atom is -0.381 e. The third-order valence-corrected chi connectivity index (χ3v) is 4.74. The molecule has 1 fully saturated rings. The molecule has 1 N–H and O–H groups in total. The van der Waals surface area contributed by atoms with Gasteiger partial charge in [-0.2, -0.15) is 9.61 Å². The second-order valence-electron chi connectivity index (χ2n) is 6.75. The van der Waals surface area contributed by atoms with Crippen LogP contribution in [0, 0.1) is 12.8 Å². The van der Waals surface area contributed by atoms with Gasteiger partial charge in [-0.15, -0.1) is 0 Å². The number of rotatable bonds is 6. The van der Waals surface area contributed by atoms with Crippen LogP contribution in [0.1, 0.15) is 25.0 Å². The van der Waals surface area contributed by atoms with Gasteiger partial charge in [-0.3, -0.25) is 0 Å². The van der Waals surface area contributed by atoms with Crippen LogP contribution >= 0.6 is 0 Å².